The van der Waals surface area contributed by atoms with Gasteiger partial charge in [0, 0.05) is 5.75 Å². The highest BCUT2D eigenvalue weighted by Gasteiger charge is 2.37. The summed E-state index contributed by atoms with van der Waals surface area (Å²) < 4.78 is 6.41. The van der Waals surface area contributed by atoms with Crippen LogP contribution < -0.4 is 5.73 Å². The molecule has 0 fully saturated rings. The van der Waals surface area contributed by atoms with Crippen LogP contribution in [0.15, 0.2) is 52.1 Å². The minimum Gasteiger partial charge on any atom is -0.464 e. The highest BCUT2D eigenvalue weighted by atomic mass is 32.2. The van der Waals surface area contributed by atoms with E-state index in [4.69, 9.17) is 10.5 Å². The van der Waals surface area contributed by atoms with Gasteiger partial charge in [-0.1, -0.05) is 36.4 Å². The summed E-state index contributed by atoms with van der Waals surface area (Å²) in [5.41, 5.74) is 6.12. The Morgan fingerprint density at radius 1 is 1.29 bits per heavy atom. The maximum atomic E-state index is 12.3. The second-order valence-corrected chi connectivity index (χ2v) is 6.93. The number of thioether (sulfide) groups is 1. The fourth-order valence-electron chi connectivity index (χ4n) is 2.02. The number of carbonyl (C=O) groups excluding carboxylic acids is 1. The molecule has 2 rings (SSSR count). The van der Waals surface area contributed by atoms with Crippen molar-refractivity contribution >= 4 is 29.1 Å². The van der Waals surface area contributed by atoms with E-state index in [1.807, 2.05) is 41.8 Å². The van der Waals surface area contributed by atoms with Gasteiger partial charge in [0.2, 0.25) is 0 Å². The average Bonchev–Trinajstić information content (AvgIpc) is 3.01. The van der Waals surface area contributed by atoms with E-state index in [9.17, 15) is 4.79 Å². The van der Waals surface area contributed by atoms with Gasteiger partial charge in [-0.15, -0.1) is 23.1 Å². The van der Waals surface area contributed by atoms with E-state index in [0.717, 1.165) is 11.3 Å². The van der Waals surface area contributed by atoms with Crippen LogP contribution in [0.25, 0.3) is 0 Å². The Balaban J connectivity index is 2.10. The lowest BCUT2D eigenvalue weighted by Gasteiger charge is -2.27. The molecule has 5 heteroatoms. The predicted octanol–water partition coefficient (Wildman–Crippen LogP) is 3.65. The van der Waals surface area contributed by atoms with Gasteiger partial charge < -0.3 is 10.5 Å². The number of esters is 1. The lowest BCUT2D eigenvalue weighted by molar-refractivity contribution is -0.150. The topological polar surface area (TPSA) is 52.3 Å². The van der Waals surface area contributed by atoms with Crippen LogP contribution in [0, 0.1) is 0 Å². The monoisotopic (exact) mass is 321 g/mol. The summed E-state index contributed by atoms with van der Waals surface area (Å²) in [6, 6.07) is 13.5. The van der Waals surface area contributed by atoms with Crippen molar-refractivity contribution in [3.8, 4) is 0 Å². The molecule has 0 radical (unpaired) electrons. The van der Waals surface area contributed by atoms with Gasteiger partial charge in [-0.2, -0.15) is 0 Å². The van der Waals surface area contributed by atoms with Crippen LogP contribution in [-0.2, 0) is 15.1 Å². The fourth-order valence-corrected chi connectivity index (χ4v) is 3.96. The summed E-state index contributed by atoms with van der Waals surface area (Å²) in [5, 5.41) is 2.04. The largest absolute Gasteiger partial charge is 0.464 e. The van der Waals surface area contributed by atoms with E-state index in [1.54, 1.807) is 30.0 Å². The van der Waals surface area contributed by atoms with Crippen LogP contribution in [0.3, 0.4) is 0 Å². The van der Waals surface area contributed by atoms with Gasteiger partial charge in [0.1, 0.15) is 5.54 Å². The zero-order valence-corrected chi connectivity index (χ0v) is 13.6. The van der Waals surface area contributed by atoms with Crippen LogP contribution in [0.2, 0.25) is 0 Å². The molecule has 2 aromatic rings. The number of hydrogen-bond acceptors (Lipinski definition) is 5. The minimum absolute atomic E-state index is 0.336. The molecule has 112 valence electrons. The van der Waals surface area contributed by atoms with Crippen LogP contribution in [0.5, 0.6) is 0 Å². The summed E-state index contributed by atoms with van der Waals surface area (Å²) in [6.45, 7) is 2.13. The minimum atomic E-state index is -1.08. The van der Waals surface area contributed by atoms with E-state index in [0.29, 0.717) is 13.0 Å². The number of benzene rings is 1. The van der Waals surface area contributed by atoms with Crippen molar-refractivity contribution in [2.24, 2.45) is 5.73 Å². The third-order valence-electron chi connectivity index (χ3n) is 3.16. The lowest BCUT2D eigenvalue weighted by atomic mass is 9.88. The predicted molar refractivity (Wildman–Crippen MR) is 88.6 cm³/mol. The Morgan fingerprint density at radius 3 is 2.67 bits per heavy atom. The Morgan fingerprint density at radius 2 is 2.05 bits per heavy atom. The summed E-state index contributed by atoms with van der Waals surface area (Å²) in [5.74, 6) is 0.410. The van der Waals surface area contributed by atoms with Crippen LogP contribution >= 0.6 is 23.1 Å². The van der Waals surface area contributed by atoms with Crippen molar-refractivity contribution in [3.05, 3.63) is 53.4 Å². The Bertz CT molecular complexity index is 557. The summed E-state index contributed by atoms with van der Waals surface area (Å²) in [4.78, 5) is 12.3. The van der Waals surface area contributed by atoms with Crippen LogP contribution in [0.4, 0.5) is 0 Å². The van der Waals surface area contributed by atoms with E-state index in [-0.39, 0.29) is 5.97 Å². The van der Waals surface area contributed by atoms with Gasteiger partial charge in [-0.05, 0) is 30.4 Å². The molecule has 1 unspecified atom stereocenters. The molecule has 21 heavy (non-hydrogen) atoms. The highest BCUT2D eigenvalue weighted by Crippen LogP contribution is 2.30. The Hall–Kier alpha value is -1.30. The van der Waals surface area contributed by atoms with Crippen molar-refractivity contribution < 1.29 is 9.53 Å². The second-order valence-electron chi connectivity index (χ2n) is 4.59. The summed E-state index contributed by atoms with van der Waals surface area (Å²) >= 11 is 3.41. The molecular weight excluding hydrogens is 302 g/mol. The molecule has 0 saturated heterocycles. The van der Waals surface area contributed by atoms with E-state index >= 15 is 0 Å². The first kappa shape index (κ1) is 16.1. The van der Waals surface area contributed by atoms with Gasteiger partial charge in [0.05, 0.1) is 10.8 Å². The summed E-state index contributed by atoms with van der Waals surface area (Å²) in [7, 11) is 0. The maximum Gasteiger partial charge on any atom is 0.330 e. The third kappa shape index (κ3) is 4.09. The molecule has 2 N–H and O–H groups in total. The second kappa shape index (κ2) is 7.64. The number of hydrogen-bond donors (Lipinski definition) is 1. The first-order chi connectivity index (χ1) is 10.2. The molecule has 0 amide bonds. The number of thiophene rings is 1. The molecule has 3 nitrogen and oxygen atoms in total. The number of rotatable bonds is 7. The molecule has 0 spiro atoms. The molecule has 1 heterocycles. The molecule has 0 aliphatic heterocycles. The molecule has 0 saturated carbocycles. The molecule has 1 aromatic carbocycles. The number of ether oxygens (including phenoxy) is 1. The quantitative estimate of drug-likeness (QED) is 0.625. The highest BCUT2D eigenvalue weighted by molar-refractivity contribution is 8.01. The van der Waals surface area contributed by atoms with Gasteiger partial charge in [0.25, 0.3) is 0 Å². The zero-order valence-electron chi connectivity index (χ0n) is 12.0. The van der Waals surface area contributed by atoms with Crippen molar-refractivity contribution in [3.63, 3.8) is 0 Å². The van der Waals surface area contributed by atoms with Gasteiger partial charge in [0.15, 0.2) is 0 Å². The SMILES string of the molecule is CCOC(=O)C(N)(CCSc1cccs1)c1ccccc1. The first-order valence-electron chi connectivity index (χ1n) is 6.84. The maximum absolute atomic E-state index is 12.3. The molecular formula is C16H19NO2S2. The van der Waals surface area contributed by atoms with Crippen molar-refractivity contribution in [2.75, 3.05) is 12.4 Å². The molecule has 1 atom stereocenters. The van der Waals surface area contributed by atoms with Gasteiger partial charge in [-0.3, -0.25) is 0 Å². The Labute approximate surface area is 133 Å². The van der Waals surface area contributed by atoms with E-state index in [1.165, 1.54) is 4.21 Å². The van der Waals surface area contributed by atoms with Crippen molar-refractivity contribution in [1.29, 1.82) is 0 Å². The van der Waals surface area contributed by atoms with E-state index in [2.05, 4.69) is 6.07 Å². The number of carbonyl (C=O) groups is 1. The molecule has 0 bridgehead atoms. The smallest absolute Gasteiger partial charge is 0.330 e. The van der Waals surface area contributed by atoms with E-state index < -0.39 is 5.54 Å². The van der Waals surface area contributed by atoms with Gasteiger partial charge >= 0.3 is 5.97 Å². The average molecular weight is 321 g/mol. The standard InChI is InChI=1S/C16H19NO2S2/c1-2-19-15(18)16(17,13-7-4-3-5-8-13)10-12-21-14-9-6-11-20-14/h3-9,11H,2,10,12,17H2,1H3. The first-order valence-corrected chi connectivity index (χ1v) is 8.71. The van der Waals surface area contributed by atoms with Crippen LogP contribution in [-0.4, -0.2) is 18.3 Å². The molecule has 0 aliphatic rings. The fraction of sp³-hybridized carbons (Fsp3) is 0.312. The van der Waals surface area contributed by atoms with Crippen LogP contribution in [0.1, 0.15) is 18.9 Å². The Kier molecular flexibility index (Phi) is 5.85. The third-order valence-corrected chi connectivity index (χ3v) is 5.30. The normalized spacial score (nSPS) is 13.6. The molecule has 1 aromatic heterocycles. The zero-order chi connectivity index (χ0) is 15.1. The van der Waals surface area contributed by atoms with Crippen molar-refractivity contribution in [1.82, 2.24) is 0 Å². The van der Waals surface area contributed by atoms with Crippen molar-refractivity contribution in [2.45, 2.75) is 23.1 Å². The molecule has 0 aliphatic carbocycles. The summed E-state index contributed by atoms with van der Waals surface area (Å²) in [6.07, 6.45) is 0.540. The van der Waals surface area contributed by atoms with Gasteiger partial charge in [-0.25, -0.2) is 4.79 Å². The number of nitrogens with two attached hydrogens (primary N) is 1. The lowest BCUT2D eigenvalue weighted by Crippen LogP contribution is -2.46.